The molecule has 0 aliphatic heterocycles. The number of halogens is 6. The van der Waals surface area contributed by atoms with Crippen LogP contribution in [0.3, 0.4) is 0 Å². The first-order valence-corrected chi connectivity index (χ1v) is 11.7. The molecule has 0 saturated carbocycles. The maximum absolute atomic E-state index is 13.8. The Bertz CT molecular complexity index is 1190. The fourth-order valence-corrected chi connectivity index (χ4v) is 4.51. The Morgan fingerprint density at radius 3 is 2.36 bits per heavy atom. The van der Waals surface area contributed by atoms with Crippen molar-refractivity contribution in [3.63, 3.8) is 0 Å². The highest BCUT2D eigenvalue weighted by molar-refractivity contribution is 7.17. The Labute approximate surface area is 207 Å². The van der Waals surface area contributed by atoms with Gasteiger partial charge in [-0.1, -0.05) is 50.2 Å². The second-order valence-corrected chi connectivity index (χ2v) is 8.69. The summed E-state index contributed by atoms with van der Waals surface area (Å²) in [5.74, 6) is -1.54. The molecule has 0 aliphatic carbocycles. The first kappa shape index (κ1) is 27.5. The van der Waals surface area contributed by atoms with Crippen molar-refractivity contribution in [2.24, 2.45) is 0 Å². The lowest BCUT2D eigenvalue weighted by atomic mass is 10.1. The number of nitrogens with zero attached hydrogens (tertiary/aromatic N) is 2. The molecule has 0 unspecified atom stereocenters. The molecule has 0 aliphatic rings. The van der Waals surface area contributed by atoms with Gasteiger partial charge in [-0.15, -0.1) is 24.5 Å². The molecule has 1 heterocycles. The van der Waals surface area contributed by atoms with E-state index < -0.39 is 34.8 Å². The third-order valence-electron chi connectivity index (χ3n) is 5.22. The van der Waals surface area contributed by atoms with E-state index in [0.717, 1.165) is 30.8 Å². The number of hydrogen-bond acceptors (Lipinski definition) is 5. The SMILES string of the molecule is CCN(CC)Cc1ccccc1-c1nc(C(F)(F)F)c(C(=O)NCc2cccc(OC(F)(F)F)c2)s1. The van der Waals surface area contributed by atoms with Gasteiger partial charge < -0.3 is 10.1 Å². The standard InChI is InChI=1S/C24H23F6N3O2S/c1-3-33(4-2)14-16-9-5-6-11-18(16)22-32-20(23(25,26)27)19(36-22)21(34)31-13-15-8-7-10-17(12-15)35-24(28,29)30/h5-12H,3-4,13-14H2,1-2H3,(H,31,34). The summed E-state index contributed by atoms with van der Waals surface area (Å²) in [5.41, 5.74) is 0.174. The first-order chi connectivity index (χ1) is 16.9. The zero-order valence-corrected chi connectivity index (χ0v) is 20.2. The molecular weight excluding hydrogens is 508 g/mol. The molecule has 194 valence electrons. The summed E-state index contributed by atoms with van der Waals surface area (Å²) in [4.78, 5) is 18.0. The van der Waals surface area contributed by atoms with Crippen LogP contribution in [0.1, 0.15) is 40.3 Å². The van der Waals surface area contributed by atoms with E-state index in [4.69, 9.17) is 0 Å². The van der Waals surface area contributed by atoms with Crippen LogP contribution in [-0.4, -0.2) is 35.2 Å². The topological polar surface area (TPSA) is 54.5 Å². The molecule has 36 heavy (non-hydrogen) atoms. The van der Waals surface area contributed by atoms with Crippen molar-refractivity contribution in [1.82, 2.24) is 15.2 Å². The highest BCUT2D eigenvalue weighted by atomic mass is 32.1. The minimum atomic E-state index is -4.90. The van der Waals surface area contributed by atoms with Gasteiger partial charge in [0.15, 0.2) is 5.69 Å². The molecule has 2 aromatic carbocycles. The third kappa shape index (κ3) is 7.20. The fourth-order valence-electron chi connectivity index (χ4n) is 3.45. The smallest absolute Gasteiger partial charge is 0.406 e. The van der Waals surface area contributed by atoms with Gasteiger partial charge in [-0.05, 0) is 36.3 Å². The van der Waals surface area contributed by atoms with Crippen molar-refractivity contribution in [3.8, 4) is 16.3 Å². The van der Waals surface area contributed by atoms with Crippen LogP contribution in [0.25, 0.3) is 10.6 Å². The molecule has 1 aromatic heterocycles. The molecule has 0 saturated heterocycles. The van der Waals surface area contributed by atoms with Crippen molar-refractivity contribution < 1.29 is 35.9 Å². The van der Waals surface area contributed by atoms with Crippen LogP contribution < -0.4 is 10.1 Å². The van der Waals surface area contributed by atoms with Crippen LogP contribution in [0.5, 0.6) is 5.75 Å². The van der Waals surface area contributed by atoms with E-state index >= 15 is 0 Å². The van der Waals surface area contributed by atoms with E-state index in [1.54, 1.807) is 24.3 Å². The van der Waals surface area contributed by atoms with Gasteiger partial charge in [-0.25, -0.2) is 4.98 Å². The predicted octanol–water partition coefficient (Wildman–Crippen LogP) is 6.50. The number of rotatable bonds is 9. The van der Waals surface area contributed by atoms with Crippen LogP contribution in [0, 0.1) is 0 Å². The number of thiazole rings is 1. The van der Waals surface area contributed by atoms with Crippen molar-refractivity contribution in [1.29, 1.82) is 0 Å². The van der Waals surface area contributed by atoms with E-state index in [2.05, 4.69) is 19.9 Å². The minimum Gasteiger partial charge on any atom is -0.406 e. The number of alkyl halides is 6. The summed E-state index contributed by atoms with van der Waals surface area (Å²) in [6, 6.07) is 11.7. The largest absolute Gasteiger partial charge is 0.573 e. The second kappa shape index (κ2) is 11.3. The first-order valence-electron chi connectivity index (χ1n) is 10.9. The molecule has 5 nitrogen and oxygen atoms in total. The Morgan fingerprint density at radius 1 is 1.03 bits per heavy atom. The zero-order valence-electron chi connectivity index (χ0n) is 19.3. The van der Waals surface area contributed by atoms with E-state index in [1.807, 2.05) is 13.8 Å². The van der Waals surface area contributed by atoms with Gasteiger partial charge in [0, 0.05) is 18.7 Å². The lowest BCUT2D eigenvalue weighted by Crippen LogP contribution is -2.25. The third-order valence-corrected chi connectivity index (χ3v) is 6.31. The summed E-state index contributed by atoms with van der Waals surface area (Å²) in [7, 11) is 0. The Balaban J connectivity index is 1.87. The number of carbonyl (C=O) groups excluding carboxylic acids is 1. The molecule has 0 radical (unpaired) electrons. The molecule has 1 N–H and O–H groups in total. The fraction of sp³-hybridized carbons (Fsp3) is 0.333. The lowest BCUT2D eigenvalue weighted by molar-refractivity contribution is -0.274. The van der Waals surface area contributed by atoms with Crippen molar-refractivity contribution in [2.75, 3.05) is 13.1 Å². The van der Waals surface area contributed by atoms with Crippen molar-refractivity contribution >= 4 is 17.2 Å². The number of hydrogen-bond donors (Lipinski definition) is 1. The van der Waals surface area contributed by atoms with E-state index in [0.29, 0.717) is 23.4 Å². The van der Waals surface area contributed by atoms with Gasteiger partial charge in [-0.3, -0.25) is 9.69 Å². The summed E-state index contributed by atoms with van der Waals surface area (Å²) < 4.78 is 82.4. The van der Waals surface area contributed by atoms with Crippen LogP contribution >= 0.6 is 11.3 Å². The Kier molecular flexibility index (Phi) is 8.62. The van der Waals surface area contributed by atoms with Gasteiger partial charge >= 0.3 is 12.5 Å². The number of nitrogens with one attached hydrogen (secondary N) is 1. The number of carbonyl (C=O) groups is 1. The van der Waals surface area contributed by atoms with Crippen molar-refractivity contribution in [2.45, 2.75) is 39.5 Å². The maximum atomic E-state index is 13.8. The summed E-state index contributed by atoms with van der Waals surface area (Å²) >= 11 is 0.615. The lowest BCUT2D eigenvalue weighted by Gasteiger charge is -2.19. The maximum Gasteiger partial charge on any atom is 0.573 e. The average molecular weight is 532 g/mol. The molecule has 0 bridgehead atoms. The minimum absolute atomic E-state index is 0.0517. The van der Waals surface area contributed by atoms with Crippen LogP contribution in [0.15, 0.2) is 48.5 Å². The monoisotopic (exact) mass is 531 g/mol. The van der Waals surface area contributed by atoms with Gasteiger partial charge in [0.2, 0.25) is 0 Å². The number of amides is 1. The van der Waals surface area contributed by atoms with E-state index in [-0.39, 0.29) is 17.1 Å². The highest BCUT2D eigenvalue weighted by Gasteiger charge is 2.40. The molecule has 1 amide bonds. The van der Waals surface area contributed by atoms with Gasteiger partial charge in [0.1, 0.15) is 15.6 Å². The highest BCUT2D eigenvalue weighted by Crippen LogP contribution is 2.39. The Morgan fingerprint density at radius 2 is 1.72 bits per heavy atom. The summed E-state index contributed by atoms with van der Waals surface area (Å²) in [6.07, 6.45) is -9.78. The molecule has 0 fully saturated rings. The van der Waals surface area contributed by atoms with Crippen LogP contribution in [-0.2, 0) is 19.3 Å². The van der Waals surface area contributed by atoms with Gasteiger partial charge in [0.05, 0.1) is 0 Å². The number of benzene rings is 2. The van der Waals surface area contributed by atoms with Gasteiger partial charge in [0.25, 0.3) is 5.91 Å². The molecule has 0 spiro atoms. The molecule has 12 heteroatoms. The average Bonchev–Trinajstić information content (AvgIpc) is 3.26. The number of ether oxygens (including phenoxy) is 1. The summed E-state index contributed by atoms with van der Waals surface area (Å²) in [5, 5.41) is 2.39. The van der Waals surface area contributed by atoms with E-state index in [9.17, 15) is 31.1 Å². The molecule has 0 atom stereocenters. The number of aromatic nitrogens is 1. The second-order valence-electron chi connectivity index (χ2n) is 7.69. The Hall–Kier alpha value is -3.12. The quantitative estimate of drug-likeness (QED) is 0.321. The van der Waals surface area contributed by atoms with Crippen LogP contribution in [0.2, 0.25) is 0 Å². The molecule has 3 rings (SSSR count). The van der Waals surface area contributed by atoms with Crippen LogP contribution in [0.4, 0.5) is 26.3 Å². The molecular formula is C24H23F6N3O2S. The summed E-state index contributed by atoms with van der Waals surface area (Å²) in [6.45, 7) is 5.65. The van der Waals surface area contributed by atoms with Crippen molar-refractivity contribution in [3.05, 3.63) is 70.2 Å². The van der Waals surface area contributed by atoms with E-state index in [1.165, 1.54) is 12.1 Å². The van der Waals surface area contributed by atoms with Gasteiger partial charge in [-0.2, -0.15) is 13.2 Å². The molecule has 3 aromatic rings. The predicted molar refractivity (Wildman–Crippen MR) is 123 cm³/mol. The normalized spacial score (nSPS) is 12.1. The zero-order chi connectivity index (χ0) is 26.5.